The Bertz CT molecular complexity index is 816. The largest absolute Gasteiger partial charge is 0.477 e. The van der Waals surface area contributed by atoms with Crippen LogP contribution in [0.2, 0.25) is 5.02 Å². The molecule has 0 bridgehead atoms. The summed E-state index contributed by atoms with van der Waals surface area (Å²) in [7, 11) is 0. The summed E-state index contributed by atoms with van der Waals surface area (Å²) in [6.07, 6.45) is 4.40. The van der Waals surface area contributed by atoms with Crippen molar-refractivity contribution in [3.8, 4) is 17.3 Å². The molecule has 118 valence electrons. The molecule has 0 atom stereocenters. The van der Waals surface area contributed by atoms with E-state index in [4.69, 9.17) is 20.8 Å². The summed E-state index contributed by atoms with van der Waals surface area (Å²) in [6.45, 7) is 2.26. The molecule has 0 spiro atoms. The summed E-state index contributed by atoms with van der Waals surface area (Å²) in [5, 5.41) is 9.44. The van der Waals surface area contributed by atoms with Crippen molar-refractivity contribution in [3.05, 3.63) is 41.4 Å². The molecule has 23 heavy (non-hydrogen) atoms. The number of carbonyl (C=O) groups excluding carboxylic acids is 1. The molecule has 0 aliphatic rings. The average molecular weight is 334 g/mol. The molecule has 0 fully saturated rings. The van der Waals surface area contributed by atoms with E-state index < -0.39 is 5.91 Å². The lowest BCUT2D eigenvalue weighted by Crippen LogP contribution is -2.13. The van der Waals surface area contributed by atoms with Crippen molar-refractivity contribution in [3.63, 3.8) is 0 Å². The highest BCUT2D eigenvalue weighted by Gasteiger charge is 2.14. The number of hydrogen-bond donors (Lipinski definition) is 2. The Kier molecular flexibility index (Phi) is 4.24. The molecule has 3 aromatic heterocycles. The zero-order valence-electron chi connectivity index (χ0n) is 12.0. The normalized spacial score (nSPS) is 10.5. The van der Waals surface area contributed by atoms with Gasteiger partial charge in [-0.2, -0.15) is 4.98 Å². The van der Waals surface area contributed by atoms with Crippen LogP contribution in [0, 0.1) is 0 Å². The van der Waals surface area contributed by atoms with Crippen molar-refractivity contribution in [1.29, 1.82) is 0 Å². The number of anilines is 1. The smallest absolute Gasteiger partial charge is 0.259 e. The third kappa shape index (κ3) is 3.32. The zero-order chi connectivity index (χ0) is 16.2. The van der Waals surface area contributed by atoms with Crippen LogP contribution in [0.4, 0.5) is 5.95 Å². The molecule has 0 radical (unpaired) electrons. The van der Waals surface area contributed by atoms with Crippen molar-refractivity contribution >= 4 is 23.5 Å². The van der Waals surface area contributed by atoms with Crippen LogP contribution >= 0.6 is 11.6 Å². The van der Waals surface area contributed by atoms with E-state index in [1.54, 1.807) is 6.07 Å². The molecule has 0 aliphatic carbocycles. The molecule has 2 N–H and O–H groups in total. The first kappa shape index (κ1) is 15.0. The average Bonchev–Trinajstić information content (AvgIpc) is 3.20. The van der Waals surface area contributed by atoms with Gasteiger partial charge in [-0.1, -0.05) is 11.6 Å². The molecule has 3 rings (SSSR count). The monoisotopic (exact) mass is 333 g/mol. The van der Waals surface area contributed by atoms with E-state index in [9.17, 15) is 4.79 Å². The first-order valence-electron chi connectivity index (χ1n) is 6.72. The number of halogens is 1. The number of pyridine rings is 1. The van der Waals surface area contributed by atoms with E-state index >= 15 is 0 Å². The van der Waals surface area contributed by atoms with Gasteiger partial charge in [-0.25, -0.2) is 4.98 Å². The Morgan fingerprint density at radius 1 is 1.52 bits per heavy atom. The fourth-order valence-corrected chi connectivity index (χ4v) is 2.03. The lowest BCUT2D eigenvalue weighted by molar-refractivity contribution is 0.102. The van der Waals surface area contributed by atoms with Gasteiger partial charge in [-0.05, 0) is 19.1 Å². The number of nitrogens with one attached hydrogen (secondary N) is 2. The fraction of sp³-hybridized carbons (Fsp3) is 0.143. The molecule has 0 aromatic carbocycles. The van der Waals surface area contributed by atoms with Crippen molar-refractivity contribution in [2.45, 2.75) is 6.92 Å². The number of H-pyrrole nitrogens is 1. The van der Waals surface area contributed by atoms with Gasteiger partial charge in [-0.3, -0.25) is 15.2 Å². The first-order chi connectivity index (χ1) is 11.2. The van der Waals surface area contributed by atoms with E-state index in [1.807, 2.05) is 6.92 Å². The van der Waals surface area contributed by atoms with E-state index in [0.29, 0.717) is 12.4 Å². The van der Waals surface area contributed by atoms with Gasteiger partial charge in [0.25, 0.3) is 5.91 Å². The van der Waals surface area contributed by atoms with E-state index in [0.717, 1.165) is 5.56 Å². The van der Waals surface area contributed by atoms with Gasteiger partial charge in [-0.15, -0.1) is 5.10 Å². The standard InChI is InChI=1S/C14H12ClN5O3/c1-2-23-13-10(15)5-9(6-16-13)12(21)18-14-17-11(19-20-14)8-3-4-22-7-8/h3-7H,2H2,1H3,(H2,17,18,19,20,21). The predicted octanol–water partition coefficient (Wildman–Crippen LogP) is 2.76. The van der Waals surface area contributed by atoms with Gasteiger partial charge in [0.15, 0.2) is 5.82 Å². The van der Waals surface area contributed by atoms with Gasteiger partial charge >= 0.3 is 0 Å². The molecular weight excluding hydrogens is 322 g/mol. The number of aromatic nitrogens is 4. The second kappa shape index (κ2) is 6.49. The topological polar surface area (TPSA) is 106 Å². The molecule has 0 aliphatic heterocycles. The molecule has 8 nitrogen and oxygen atoms in total. The van der Waals surface area contributed by atoms with Crippen LogP contribution in [0.15, 0.2) is 35.3 Å². The van der Waals surface area contributed by atoms with Crippen LogP contribution in [-0.2, 0) is 0 Å². The Morgan fingerprint density at radius 3 is 3.09 bits per heavy atom. The van der Waals surface area contributed by atoms with Gasteiger partial charge in [0, 0.05) is 6.20 Å². The number of carbonyl (C=O) groups is 1. The number of hydrogen-bond acceptors (Lipinski definition) is 6. The van der Waals surface area contributed by atoms with Gasteiger partial charge < -0.3 is 9.15 Å². The van der Waals surface area contributed by atoms with Crippen molar-refractivity contribution in [2.75, 3.05) is 11.9 Å². The minimum Gasteiger partial charge on any atom is -0.477 e. The summed E-state index contributed by atoms with van der Waals surface area (Å²) >= 11 is 6.01. The number of furan rings is 1. The molecule has 3 heterocycles. The van der Waals surface area contributed by atoms with Crippen molar-refractivity contribution < 1.29 is 13.9 Å². The second-order valence-corrected chi connectivity index (χ2v) is 4.82. The van der Waals surface area contributed by atoms with Crippen LogP contribution in [0.3, 0.4) is 0 Å². The fourth-order valence-electron chi connectivity index (χ4n) is 1.81. The lowest BCUT2D eigenvalue weighted by atomic mass is 10.2. The summed E-state index contributed by atoms with van der Waals surface area (Å²) in [5.41, 5.74) is 0.997. The second-order valence-electron chi connectivity index (χ2n) is 4.42. The first-order valence-corrected chi connectivity index (χ1v) is 7.10. The van der Waals surface area contributed by atoms with Gasteiger partial charge in [0.1, 0.15) is 11.3 Å². The van der Waals surface area contributed by atoms with Gasteiger partial charge in [0.05, 0.1) is 24.0 Å². The zero-order valence-corrected chi connectivity index (χ0v) is 12.8. The summed E-state index contributed by atoms with van der Waals surface area (Å²) in [5.74, 6) is 0.471. The molecule has 9 heteroatoms. The highest BCUT2D eigenvalue weighted by Crippen LogP contribution is 2.23. The molecule has 0 saturated heterocycles. The summed E-state index contributed by atoms with van der Waals surface area (Å²) < 4.78 is 10.2. The Labute approximate surface area is 135 Å². The molecule has 0 saturated carbocycles. The van der Waals surface area contributed by atoms with Crippen LogP contribution in [0.1, 0.15) is 17.3 Å². The Balaban J connectivity index is 1.73. The van der Waals surface area contributed by atoms with Crippen molar-refractivity contribution in [1.82, 2.24) is 20.2 Å². The number of rotatable bonds is 5. The minimum absolute atomic E-state index is 0.135. The molecule has 1 amide bonds. The Hall–Kier alpha value is -2.87. The molecular formula is C14H12ClN5O3. The lowest BCUT2D eigenvalue weighted by Gasteiger charge is -2.06. The third-order valence-corrected chi connectivity index (χ3v) is 3.13. The molecule has 0 unspecified atom stereocenters. The quantitative estimate of drug-likeness (QED) is 0.743. The van der Waals surface area contributed by atoms with Crippen LogP contribution in [0.25, 0.3) is 11.4 Å². The molecule has 3 aromatic rings. The van der Waals surface area contributed by atoms with Crippen LogP contribution in [0.5, 0.6) is 5.88 Å². The maximum absolute atomic E-state index is 12.2. The highest BCUT2D eigenvalue weighted by atomic mass is 35.5. The maximum atomic E-state index is 12.2. The van der Waals surface area contributed by atoms with E-state index in [1.165, 1.54) is 24.8 Å². The number of nitrogens with zero attached hydrogens (tertiary/aromatic N) is 3. The summed E-state index contributed by atoms with van der Waals surface area (Å²) in [4.78, 5) is 20.3. The van der Waals surface area contributed by atoms with E-state index in [-0.39, 0.29) is 22.4 Å². The number of amides is 1. The highest BCUT2D eigenvalue weighted by molar-refractivity contribution is 6.32. The Morgan fingerprint density at radius 2 is 2.39 bits per heavy atom. The minimum atomic E-state index is -0.430. The predicted molar refractivity (Wildman–Crippen MR) is 82.5 cm³/mol. The third-order valence-electron chi connectivity index (χ3n) is 2.86. The van der Waals surface area contributed by atoms with Gasteiger partial charge in [0.2, 0.25) is 11.8 Å². The number of aromatic amines is 1. The van der Waals surface area contributed by atoms with Crippen LogP contribution < -0.4 is 10.1 Å². The van der Waals surface area contributed by atoms with Crippen LogP contribution in [-0.4, -0.2) is 32.7 Å². The maximum Gasteiger partial charge on any atom is 0.259 e. The number of ether oxygens (including phenoxy) is 1. The van der Waals surface area contributed by atoms with E-state index in [2.05, 4.69) is 25.5 Å². The summed E-state index contributed by atoms with van der Waals surface area (Å²) in [6, 6.07) is 3.20. The van der Waals surface area contributed by atoms with Crippen molar-refractivity contribution in [2.24, 2.45) is 0 Å². The SMILES string of the molecule is CCOc1ncc(C(=O)Nc2n[nH]c(-c3ccoc3)n2)cc1Cl.